The molecule has 0 radical (unpaired) electrons. The first-order valence-electron chi connectivity index (χ1n) is 9.49. The third-order valence-electron chi connectivity index (χ3n) is 5.52. The zero-order chi connectivity index (χ0) is 18.5. The Labute approximate surface area is 154 Å². The summed E-state index contributed by atoms with van der Waals surface area (Å²) in [4.78, 5) is 28.3. The normalized spacial score (nSPS) is 21.3. The summed E-state index contributed by atoms with van der Waals surface area (Å²) in [6, 6.07) is 2.12. The van der Waals surface area contributed by atoms with Crippen LogP contribution in [0.3, 0.4) is 0 Å². The lowest BCUT2D eigenvalue weighted by Gasteiger charge is -2.31. The fourth-order valence-corrected chi connectivity index (χ4v) is 3.78. The van der Waals surface area contributed by atoms with Gasteiger partial charge in [0.15, 0.2) is 0 Å². The highest BCUT2D eigenvalue weighted by Crippen LogP contribution is 2.21. The van der Waals surface area contributed by atoms with E-state index >= 15 is 0 Å². The summed E-state index contributed by atoms with van der Waals surface area (Å²) >= 11 is 0. The molecule has 8 nitrogen and oxygen atoms in total. The minimum absolute atomic E-state index is 0.0970. The molecular formula is C18H30N6O2. The third-order valence-corrected chi connectivity index (χ3v) is 5.52. The summed E-state index contributed by atoms with van der Waals surface area (Å²) in [6.45, 7) is 4.95. The van der Waals surface area contributed by atoms with Crippen LogP contribution < -0.4 is 21.1 Å². The van der Waals surface area contributed by atoms with Crippen LogP contribution in [0.15, 0.2) is 17.1 Å². The van der Waals surface area contributed by atoms with E-state index in [0.717, 1.165) is 51.1 Å². The van der Waals surface area contributed by atoms with Gasteiger partial charge in [0.2, 0.25) is 5.91 Å². The molecule has 3 rings (SSSR count). The molecule has 144 valence electrons. The van der Waals surface area contributed by atoms with Crippen molar-refractivity contribution in [3.05, 3.63) is 22.6 Å². The molecular weight excluding hydrogens is 332 g/mol. The van der Waals surface area contributed by atoms with Gasteiger partial charge in [-0.05, 0) is 45.3 Å². The molecule has 0 bridgehead atoms. The van der Waals surface area contributed by atoms with Crippen molar-refractivity contribution >= 4 is 11.6 Å². The van der Waals surface area contributed by atoms with Gasteiger partial charge in [-0.3, -0.25) is 14.5 Å². The van der Waals surface area contributed by atoms with Crippen LogP contribution >= 0.6 is 0 Å². The highest BCUT2D eigenvalue weighted by atomic mass is 16.2. The van der Waals surface area contributed by atoms with E-state index in [1.54, 1.807) is 19.3 Å². The largest absolute Gasteiger partial charge is 0.370 e. The Morgan fingerprint density at radius 3 is 2.88 bits per heavy atom. The van der Waals surface area contributed by atoms with E-state index in [9.17, 15) is 9.59 Å². The van der Waals surface area contributed by atoms with E-state index in [1.165, 1.54) is 4.68 Å². The number of aromatic nitrogens is 2. The Morgan fingerprint density at radius 2 is 2.15 bits per heavy atom. The summed E-state index contributed by atoms with van der Waals surface area (Å²) in [5, 5.41) is 10.5. The SMILES string of the molecule is CN(CC(=O)NCC1CCN(c2cnn(C)c(=O)c2)C1)C1CCNCC1. The van der Waals surface area contributed by atoms with E-state index in [-0.39, 0.29) is 11.5 Å². The standard InChI is InChI=1S/C18H30N6O2/c1-22(15-3-6-19-7-4-15)13-17(25)20-10-14-5-8-24(12-14)16-9-18(26)23(2)21-11-16/h9,11,14-15,19H,3-8,10,12-13H2,1-2H3,(H,20,25). The molecule has 0 aliphatic carbocycles. The van der Waals surface area contributed by atoms with Crippen LogP contribution in [-0.4, -0.2) is 72.9 Å². The molecule has 8 heteroatoms. The topological polar surface area (TPSA) is 82.5 Å². The van der Waals surface area contributed by atoms with Crippen LogP contribution in [0.4, 0.5) is 5.69 Å². The van der Waals surface area contributed by atoms with Gasteiger partial charge in [-0.25, -0.2) is 4.68 Å². The Morgan fingerprint density at radius 1 is 1.38 bits per heavy atom. The molecule has 0 saturated carbocycles. The molecule has 1 aromatic rings. The fourth-order valence-electron chi connectivity index (χ4n) is 3.78. The third kappa shape index (κ3) is 4.82. The van der Waals surface area contributed by atoms with Crippen LogP contribution in [0.1, 0.15) is 19.3 Å². The number of carbonyl (C=O) groups is 1. The molecule has 0 aromatic carbocycles. The maximum absolute atomic E-state index is 12.3. The Balaban J connectivity index is 1.41. The molecule has 1 atom stereocenters. The quantitative estimate of drug-likeness (QED) is 0.704. The summed E-state index contributed by atoms with van der Waals surface area (Å²) < 4.78 is 1.33. The van der Waals surface area contributed by atoms with E-state index in [4.69, 9.17) is 0 Å². The first kappa shape index (κ1) is 18.8. The van der Waals surface area contributed by atoms with E-state index in [1.807, 2.05) is 7.05 Å². The Bertz CT molecular complexity index is 670. The average Bonchev–Trinajstić information content (AvgIpc) is 3.12. The van der Waals surface area contributed by atoms with Gasteiger partial charge in [0.05, 0.1) is 18.4 Å². The van der Waals surface area contributed by atoms with Crippen molar-refractivity contribution in [1.29, 1.82) is 0 Å². The molecule has 1 unspecified atom stereocenters. The van der Waals surface area contributed by atoms with Gasteiger partial charge in [0, 0.05) is 38.8 Å². The zero-order valence-electron chi connectivity index (χ0n) is 15.8. The Hall–Kier alpha value is -1.93. The van der Waals surface area contributed by atoms with E-state index < -0.39 is 0 Å². The maximum Gasteiger partial charge on any atom is 0.268 e. The van der Waals surface area contributed by atoms with Crippen molar-refractivity contribution in [3.63, 3.8) is 0 Å². The van der Waals surface area contributed by atoms with Crippen molar-refractivity contribution in [2.24, 2.45) is 13.0 Å². The molecule has 3 heterocycles. The van der Waals surface area contributed by atoms with Gasteiger partial charge < -0.3 is 15.5 Å². The molecule has 2 saturated heterocycles. The lowest BCUT2D eigenvalue weighted by molar-refractivity contribution is -0.122. The van der Waals surface area contributed by atoms with Crippen molar-refractivity contribution in [3.8, 4) is 0 Å². The first-order chi connectivity index (χ1) is 12.5. The van der Waals surface area contributed by atoms with Crippen molar-refractivity contribution < 1.29 is 4.79 Å². The summed E-state index contributed by atoms with van der Waals surface area (Å²) in [6.07, 6.45) is 4.95. The number of nitrogens with zero attached hydrogens (tertiary/aromatic N) is 4. The van der Waals surface area contributed by atoms with E-state index in [0.29, 0.717) is 25.0 Å². The number of nitrogens with one attached hydrogen (secondary N) is 2. The summed E-state index contributed by atoms with van der Waals surface area (Å²) in [5.41, 5.74) is 0.771. The van der Waals surface area contributed by atoms with Gasteiger partial charge in [-0.1, -0.05) is 0 Å². The van der Waals surface area contributed by atoms with Gasteiger partial charge in [0.25, 0.3) is 5.56 Å². The number of amides is 1. The van der Waals surface area contributed by atoms with Crippen LogP contribution in [0, 0.1) is 5.92 Å². The number of anilines is 1. The number of aryl methyl sites for hydroxylation is 1. The molecule has 2 N–H and O–H groups in total. The lowest BCUT2D eigenvalue weighted by Crippen LogP contribution is -2.46. The average molecular weight is 362 g/mol. The van der Waals surface area contributed by atoms with Crippen LogP contribution in [0.5, 0.6) is 0 Å². The lowest BCUT2D eigenvalue weighted by atomic mass is 10.1. The second-order valence-electron chi connectivity index (χ2n) is 7.48. The highest BCUT2D eigenvalue weighted by molar-refractivity contribution is 5.78. The van der Waals surface area contributed by atoms with Crippen molar-refractivity contribution in [2.75, 3.05) is 51.2 Å². The van der Waals surface area contributed by atoms with Gasteiger partial charge >= 0.3 is 0 Å². The highest BCUT2D eigenvalue weighted by Gasteiger charge is 2.24. The summed E-state index contributed by atoms with van der Waals surface area (Å²) in [5.74, 6) is 0.506. The first-order valence-corrected chi connectivity index (χ1v) is 9.49. The van der Waals surface area contributed by atoms with Crippen molar-refractivity contribution in [2.45, 2.75) is 25.3 Å². The molecule has 1 amide bonds. The van der Waals surface area contributed by atoms with Crippen LogP contribution in [0.25, 0.3) is 0 Å². The minimum atomic E-state index is -0.0970. The monoisotopic (exact) mass is 362 g/mol. The number of hydrogen-bond donors (Lipinski definition) is 2. The molecule has 2 aliphatic heterocycles. The fraction of sp³-hybridized carbons (Fsp3) is 0.722. The molecule has 1 aromatic heterocycles. The number of rotatable bonds is 6. The molecule has 2 aliphatic rings. The Kier molecular flexibility index (Phi) is 6.26. The molecule has 2 fully saturated rings. The molecule has 0 spiro atoms. The summed E-state index contributed by atoms with van der Waals surface area (Å²) in [7, 11) is 3.69. The number of carbonyl (C=O) groups excluding carboxylic acids is 1. The van der Waals surface area contributed by atoms with Gasteiger partial charge in [-0.15, -0.1) is 0 Å². The smallest absolute Gasteiger partial charge is 0.268 e. The molecule has 26 heavy (non-hydrogen) atoms. The number of hydrogen-bond acceptors (Lipinski definition) is 6. The van der Waals surface area contributed by atoms with Gasteiger partial charge in [-0.2, -0.15) is 5.10 Å². The van der Waals surface area contributed by atoms with Crippen LogP contribution in [0.2, 0.25) is 0 Å². The zero-order valence-corrected chi connectivity index (χ0v) is 15.8. The maximum atomic E-state index is 12.3. The second kappa shape index (κ2) is 8.64. The number of likely N-dealkylation sites (N-methyl/N-ethyl adjacent to an activating group) is 1. The van der Waals surface area contributed by atoms with Crippen LogP contribution in [-0.2, 0) is 11.8 Å². The van der Waals surface area contributed by atoms with E-state index in [2.05, 4.69) is 25.5 Å². The van der Waals surface area contributed by atoms with Gasteiger partial charge in [0.1, 0.15) is 0 Å². The predicted molar refractivity (Wildman–Crippen MR) is 101 cm³/mol. The number of piperidine rings is 1. The second-order valence-corrected chi connectivity index (χ2v) is 7.48. The predicted octanol–water partition coefficient (Wildman–Crippen LogP) is -0.593. The minimum Gasteiger partial charge on any atom is -0.370 e. The van der Waals surface area contributed by atoms with Crippen molar-refractivity contribution in [1.82, 2.24) is 25.3 Å².